The molecule has 0 radical (unpaired) electrons. The molecule has 1 aromatic rings. The van der Waals surface area contributed by atoms with Crippen molar-refractivity contribution in [1.82, 2.24) is 5.43 Å². The zero-order valence-corrected chi connectivity index (χ0v) is 8.81. The fourth-order valence-electron chi connectivity index (χ4n) is 1.17. The van der Waals surface area contributed by atoms with E-state index < -0.39 is 0 Å². The molecule has 0 aliphatic heterocycles. The van der Waals surface area contributed by atoms with Crippen LogP contribution >= 0.6 is 11.6 Å². The summed E-state index contributed by atoms with van der Waals surface area (Å²) < 4.78 is 0. The first-order chi connectivity index (χ1) is 6.77. The highest BCUT2D eigenvalue weighted by molar-refractivity contribution is 6.30. The SMILES string of the molecule is CC#CCC(NN)c1ccc(Cl)cc1. The van der Waals surface area contributed by atoms with Gasteiger partial charge in [0.25, 0.3) is 0 Å². The Bertz CT molecular complexity index is 335. The molecule has 3 N–H and O–H groups in total. The molecule has 2 nitrogen and oxygen atoms in total. The van der Waals surface area contributed by atoms with Gasteiger partial charge in [-0.1, -0.05) is 23.7 Å². The molecule has 0 aromatic heterocycles. The molecule has 0 saturated carbocycles. The number of nitrogens with two attached hydrogens (primary N) is 1. The minimum Gasteiger partial charge on any atom is -0.271 e. The number of hydrogen-bond donors (Lipinski definition) is 2. The van der Waals surface area contributed by atoms with Crippen molar-refractivity contribution in [2.75, 3.05) is 0 Å². The summed E-state index contributed by atoms with van der Waals surface area (Å²) >= 11 is 5.78. The lowest BCUT2D eigenvalue weighted by Crippen LogP contribution is -2.27. The van der Waals surface area contributed by atoms with Crippen molar-refractivity contribution in [2.24, 2.45) is 5.84 Å². The first-order valence-corrected chi connectivity index (χ1v) is 4.77. The third kappa shape index (κ3) is 3.04. The Hall–Kier alpha value is -1.01. The van der Waals surface area contributed by atoms with Gasteiger partial charge in [-0.3, -0.25) is 11.3 Å². The van der Waals surface area contributed by atoms with E-state index in [9.17, 15) is 0 Å². The summed E-state index contributed by atoms with van der Waals surface area (Å²) in [5.41, 5.74) is 3.82. The maximum absolute atomic E-state index is 5.78. The summed E-state index contributed by atoms with van der Waals surface area (Å²) in [5, 5.41) is 0.728. The molecule has 1 unspecified atom stereocenters. The lowest BCUT2D eigenvalue weighted by atomic mass is 10.1. The number of hydrazine groups is 1. The molecule has 0 saturated heterocycles. The fraction of sp³-hybridized carbons (Fsp3) is 0.273. The first-order valence-electron chi connectivity index (χ1n) is 4.39. The van der Waals surface area contributed by atoms with Gasteiger partial charge < -0.3 is 0 Å². The highest BCUT2D eigenvalue weighted by Crippen LogP contribution is 2.17. The average Bonchev–Trinajstić information content (AvgIpc) is 2.21. The van der Waals surface area contributed by atoms with Crippen molar-refractivity contribution in [3.63, 3.8) is 0 Å². The molecule has 0 heterocycles. The second-order valence-electron chi connectivity index (χ2n) is 2.90. The van der Waals surface area contributed by atoms with E-state index in [4.69, 9.17) is 17.4 Å². The summed E-state index contributed by atoms with van der Waals surface area (Å²) in [4.78, 5) is 0. The Morgan fingerprint density at radius 1 is 1.43 bits per heavy atom. The number of nitrogens with one attached hydrogen (secondary N) is 1. The Labute approximate surface area is 89.4 Å². The molecule has 1 atom stereocenters. The minimum atomic E-state index is 0.0692. The van der Waals surface area contributed by atoms with Crippen LogP contribution in [-0.4, -0.2) is 0 Å². The molecule has 1 rings (SSSR count). The van der Waals surface area contributed by atoms with Crippen LogP contribution in [0.15, 0.2) is 24.3 Å². The zero-order chi connectivity index (χ0) is 10.4. The smallest absolute Gasteiger partial charge is 0.0569 e. The summed E-state index contributed by atoms with van der Waals surface area (Å²) in [5.74, 6) is 11.3. The van der Waals surface area contributed by atoms with Crippen molar-refractivity contribution < 1.29 is 0 Å². The predicted octanol–water partition coefficient (Wildman–Crippen LogP) is 2.26. The highest BCUT2D eigenvalue weighted by Gasteiger charge is 2.06. The average molecular weight is 209 g/mol. The van der Waals surface area contributed by atoms with Crippen LogP contribution in [-0.2, 0) is 0 Å². The Kier molecular flexibility index (Phi) is 4.48. The number of hydrogen-bond acceptors (Lipinski definition) is 2. The quantitative estimate of drug-likeness (QED) is 0.454. The van der Waals surface area contributed by atoms with Crippen LogP contribution < -0.4 is 11.3 Å². The Balaban J connectivity index is 2.76. The van der Waals surface area contributed by atoms with Crippen LogP contribution in [0.3, 0.4) is 0 Å². The van der Waals surface area contributed by atoms with Gasteiger partial charge in [0.05, 0.1) is 6.04 Å². The van der Waals surface area contributed by atoms with E-state index >= 15 is 0 Å². The van der Waals surface area contributed by atoms with E-state index in [0.717, 1.165) is 10.6 Å². The van der Waals surface area contributed by atoms with Crippen LogP contribution in [0, 0.1) is 11.8 Å². The molecule has 74 valence electrons. The normalized spacial score (nSPS) is 11.6. The molecule has 0 aliphatic rings. The monoisotopic (exact) mass is 208 g/mol. The van der Waals surface area contributed by atoms with Crippen molar-refractivity contribution in [1.29, 1.82) is 0 Å². The molecule has 1 aromatic carbocycles. The lowest BCUT2D eigenvalue weighted by molar-refractivity contribution is 0.568. The van der Waals surface area contributed by atoms with Gasteiger partial charge in [0.15, 0.2) is 0 Å². The molecular weight excluding hydrogens is 196 g/mol. The van der Waals surface area contributed by atoms with Crippen LogP contribution in [0.2, 0.25) is 5.02 Å². The third-order valence-corrected chi connectivity index (χ3v) is 2.21. The first kappa shape index (κ1) is 11.1. The standard InChI is InChI=1S/C11H13ClN2/c1-2-3-4-11(14-13)9-5-7-10(12)8-6-9/h5-8,11,14H,4,13H2,1H3. The molecule has 0 aliphatic carbocycles. The van der Waals surface area contributed by atoms with Crippen molar-refractivity contribution in [3.05, 3.63) is 34.9 Å². The van der Waals surface area contributed by atoms with Gasteiger partial charge in [-0.15, -0.1) is 11.8 Å². The van der Waals surface area contributed by atoms with Crippen molar-refractivity contribution in [2.45, 2.75) is 19.4 Å². The van der Waals surface area contributed by atoms with Crippen LogP contribution in [0.25, 0.3) is 0 Å². The van der Waals surface area contributed by atoms with Gasteiger partial charge in [-0.2, -0.15) is 0 Å². The van der Waals surface area contributed by atoms with E-state index in [1.807, 2.05) is 31.2 Å². The Morgan fingerprint density at radius 3 is 2.57 bits per heavy atom. The van der Waals surface area contributed by atoms with Gasteiger partial charge in [0.2, 0.25) is 0 Å². The van der Waals surface area contributed by atoms with E-state index in [1.165, 1.54) is 0 Å². The lowest BCUT2D eigenvalue weighted by Gasteiger charge is -2.12. The van der Waals surface area contributed by atoms with Gasteiger partial charge >= 0.3 is 0 Å². The van der Waals surface area contributed by atoms with E-state index in [0.29, 0.717) is 6.42 Å². The highest BCUT2D eigenvalue weighted by atomic mass is 35.5. The molecular formula is C11H13ClN2. The van der Waals surface area contributed by atoms with Crippen LogP contribution in [0.4, 0.5) is 0 Å². The molecule has 14 heavy (non-hydrogen) atoms. The molecule has 0 spiro atoms. The second-order valence-corrected chi connectivity index (χ2v) is 3.34. The van der Waals surface area contributed by atoms with Gasteiger partial charge in [-0.05, 0) is 24.6 Å². The van der Waals surface area contributed by atoms with Gasteiger partial charge in [0, 0.05) is 11.4 Å². The van der Waals surface area contributed by atoms with E-state index in [2.05, 4.69) is 17.3 Å². The summed E-state index contributed by atoms with van der Waals surface area (Å²) in [6, 6.07) is 7.66. The number of halogens is 1. The second kappa shape index (κ2) is 5.66. The number of rotatable bonds is 3. The largest absolute Gasteiger partial charge is 0.271 e. The fourth-order valence-corrected chi connectivity index (χ4v) is 1.30. The third-order valence-electron chi connectivity index (χ3n) is 1.96. The van der Waals surface area contributed by atoms with Gasteiger partial charge in [-0.25, -0.2) is 0 Å². The maximum atomic E-state index is 5.78. The maximum Gasteiger partial charge on any atom is 0.0569 e. The van der Waals surface area contributed by atoms with Crippen molar-refractivity contribution >= 4 is 11.6 Å². The van der Waals surface area contributed by atoms with Crippen LogP contribution in [0.5, 0.6) is 0 Å². The molecule has 0 amide bonds. The Morgan fingerprint density at radius 2 is 2.07 bits per heavy atom. The summed E-state index contributed by atoms with van der Waals surface area (Å²) in [6.07, 6.45) is 0.703. The zero-order valence-electron chi connectivity index (χ0n) is 8.05. The van der Waals surface area contributed by atoms with Gasteiger partial charge in [0.1, 0.15) is 0 Å². The minimum absolute atomic E-state index is 0.0692. The number of benzene rings is 1. The van der Waals surface area contributed by atoms with Crippen LogP contribution in [0.1, 0.15) is 24.9 Å². The predicted molar refractivity (Wildman–Crippen MR) is 59.6 cm³/mol. The van der Waals surface area contributed by atoms with E-state index in [-0.39, 0.29) is 6.04 Å². The van der Waals surface area contributed by atoms with Crippen molar-refractivity contribution in [3.8, 4) is 11.8 Å². The summed E-state index contributed by atoms with van der Waals surface area (Å²) in [6.45, 7) is 1.81. The molecule has 3 heteroatoms. The topological polar surface area (TPSA) is 38.0 Å². The summed E-state index contributed by atoms with van der Waals surface area (Å²) in [7, 11) is 0. The molecule has 0 bridgehead atoms. The molecule has 0 fully saturated rings. The van der Waals surface area contributed by atoms with E-state index in [1.54, 1.807) is 0 Å².